The predicted octanol–water partition coefficient (Wildman–Crippen LogP) is 5.51. The molecule has 0 bridgehead atoms. The van der Waals surface area contributed by atoms with Gasteiger partial charge in [-0.05, 0) is 49.1 Å². The van der Waals surface area contributed by atoms with Crippen LogP contribution in [0.2, 0.25) is 5.02 Å². The molecule has 4 aromatic rings. The van der Waals surface area contributed by atoms with Crippen LogP contribution in [0, 0.1) is 6.92 Å². The van der Waals surface area contributed by atoms with Crippen LogP contribution in [0.5, 0.6) is 0 Å². The molecule has 2 heterocycles. The molecule has 180 valence electrons. The van der Waals surface area contributed by atoms with Crippen molar-refractivity contribution < 1.29 is 5.11 Å². The molecule has 7 nitrogen and oxygen atoms in total. The van der Waals surface area contributed by atoms with E-state index in [0.29, 0.717) is 30.4 Å². The van der Waals surface area contributed by atoms with Gasteiger partial charge in [0.05, 0.1) is 0 Å². The summed E-state index contributed by atoms with van der Waals surface area (Å²) in [6.07, 6.45) is 5.36. The highest BCUT2D eigenvalue weighted by atomic mass is 35.5. The first-order valence-corrected chi connectivity index (χ1v) is 12.0. The van der Waals surface area contributed by atoms with Gasteiger partial charge in [0.25, 0.3) is 0 Å². The Labute approximate surface area is 210 Å². The Bertz CT molecular complexity index is 1240. The largest absolute Gasteiger partial charge is 0.396 e. The Balaban J connectivity index is 1.63. The van der Waals surface area contributed by atoms with Gasteiger partial charge < -0.3 is 15.3 Å². The van der Waals surface area contributed by atoms with Crippen LogP contribution in [-0.2, 0) is 6.42 Å². The number of anilines is 3. The third-order valence-corrected chi connectivity index (χ3v) is 5.66. The summed E-state index contributed by atoms with van der Waals surface area (Å²) in [5.41, 5.74) is 3.21. The summed E-state index contributed by atoms with van der Waals surface area (Å²) in [6, 6.07) is 21.8. The van der Waals surface area contributed by atoms with Gasteiger partial charge in [0.15, 0.2) is 11.6 Å². The molecule has 0 unspecified atom stereocenters. The van der Waals surface area contributed by atoms with Gasteiger partial charge in [0, 0.05) is 42.5 Å². The van der Waals surface area contributed by atoms with E-state index in [1.165, 1.54) is 5.56 Å². The van der Waals surface area contributed by atoms with Gasteiger partial charge in [-0.3, -0.25) is 5.10 Å². The average Bonchev–Trinajstić information content (AvgIpc) is 3.28. The van der Waals surface area contributed by atoms with Gasteiger partial charge in [-0.1, -0.05) is 60.1 Å². The summed E-state index contributed by atoms with van der Waals surface area (Å²) in [6.45, 7) is 3.47. The number of hydrogen-bond donors (Lipinski definition) is 3. The molecule has 0 saturated carbocycles. The van der Waals surface area contributed by atoms with E-state index in [4.69, 9.17) is 21.6 Å². The standard InChI is InChI=1S/C27H29ClN6O/c1-20-18-26(33-32-20)30-25-19-27(31-24(29-25)13-10-21-6-3-2-4-7-21)34(15-5-17-35)16-14-22-8-11-23(28)12-9-22/h2-4,6-13,18-19,35H,5,14-17H2,1H3,(H2,29,30,31,32,33)/b13-10+. The van der Waals surface area contributed by atoms with Gasteiger partial charge in [-0.25, -0.2) is 9.97 Å². The molecule has 2 aromatic heterocycles. The van der Waals surface area contributed by atoms with Crippen molar-refractivity contribution in [1.82, 2.24) is 20.2 Å². The third kappa shape index (κ3) is 7.40. The van der Waals surface area contributed by atoms with E-state index in [1.54, 1.807) is 0 Å². The second kappa shape index (κ2) is 12.1. The molecule has 0 aliphatic rings. The lowest BCUT2D eigenvalue weighted by atomic mass is 10.1. The first-order valence-electron chi connectivity index (χ1n) is 11.6. The van der Waals surface area contributed by atoms with E-state index >= 15 is 0 Å². The number of aliphatic hydroxyl groups is 1. The van der Waals surface area contributed by atoms with Crippen molar-refractivity contribution >= 4 is 41.2 Å². The van der Waals surface area contributed by atoms with Crippen molar-refractivity contribution in [2.75, 3.05) is 29.9 Å². The molecule has 0 spiro atoms. The predicted molar refractivity (Wildman–Crippen MR) is 143 cm³/mol. The lowest BCUT2D eigenvalue weighted by Gasteiger charge is -2.24. The summed E-state index contributed by atoms with van der Waals surface area (Å²) in [5.74, 6) is 2.70. The number of H-pyrrole nitrogens is 1. The highest BCUT2D eigenvalue weighted by Gasteiger charge is 2.13. The molecule has 0 radical (unpaired) electrons. The van der Waals surface area contributed by atoms with E-state index in [1.807, 2.05) is 85.8 Å². The highest BCUT2D eigenvalue weighted by molar-refractivity contribution is 6.30. The number of aliphatic hydroxyl groups excluding tert-OH is 1. The molecule has 0 atom stereocenters. The van der Waals surface area contributed by atoms with E-state index in [-0.39, 0.29) is 6.61 Å². The van der Waals surface area contributed by atoms with Gasteiger partial charge in [0.1, 0.15) is 11.6 Å². The quantitative estimate of drug-likeness (QED) is 0.258. The van der Waals surface area contributed by atoms with E-state index in [9.17, 15) is 5.11 Å². The maximum atomic E-state index is 9.49. The second-order valence-corrected chi connectivity index (χ2v) is 8.65. The smallest absolute Gasteiger partial charge is 0.156 e. The van der Waals surface area contributed by atoms with Gasteiger partial charge >= 0.3 is 0 Å². The van der Waals surface area contributed by atoms with Crippen LogP contribution >= 0.6 is 11.6 Å². The first-order chi connectivity index (χ1) is 17.1. The van der Waals surface area contributed by atoms with Crippen LogP contribution in [0.4, 0.5) is 17.5 Å². The van der Waals surface area contributed by atoms with Crippen molar-refractivity contribution in [2.45, 2.75) is 19.8 Å². The van der Waals surface area contributed by atoms with E-state index in [0.717, 1.165) is 35.1 Å². The molecular formula is C27H29ClN6O. The van der Waals surface area contributed by atoms with Crippen molar-refractivity contribution in [1.29, 1.82) is 0 Å². The fourth-order valence-electron chi connectivity index (χ4n) is 3.62. The lowest BCUT2D eigenvalue weighted by molar-refractivity contribution is 0.289. The van der Waals surface area contributed by atoms with Crippen molar-refractivity contribution in [3.8, 4) is 0 Å². The third-order valence-electron chi connectivity index (χ3n) is 5.41. The minimum atomic E-state index is 0.112. The van der Waals surface area contributed by atoms with Crippen LogP contribution < -0.4 is 10.2 Å². The number of hydrogen-bond acceptors (Lipinski definition) is 6. The van der Waals surface area contributed by atoms with Crippen molar-refractivity contribution in [3.05, 3.63) is 94.4 Å². The average molecular weight is 489 g/mol. The number of aromatic nitrogens is 4. The highest BCUT2D eigenvalue weighted by Crippen LogP contribution is 2.22. The minimum Gasteiger partial charge on any atom is -0.396 e. The first kappa shape index (κ1) is 24.4. The zero-order valence-electron chi connectivity index (χ0n) is 19.7. The molecule has 0 aliphatic carbocycles. The number of aryl methyl sites for hydroxylation is 1. The van der Waals surface area contributed by atoms with Crippen LogP contribution in [0.15, 0.2) is 66.7 Å². The SMILES string of the molecule is Cc1cc(Nc2cc(N(CCCO)CCc3ccc(Cl)cc3)nc(/C=C/c3ccccc3)n2)n[nH]1. The fourth-order valence-corrected chi connectivity index (χ4v) is 3.74. The van der Waals surface area contributed by atoms with E-state index in [2.05, 4.69) is 20.4 Å². The van der Waals surface area contributed by atoms with Crippen LogP contribution in [0.1, 0.15) is 29.1 Å². The molecule has 35 heavy (non-hydrogen) atoms. The fraction of sp³-hybridized carbons (Fsp3) is 0.222. The number of benzene rings is 2. The minimum absolute atomic E-state index is 0.112. The molecule has 0 amide bonds. The number of nitrogens with zero attached hydrogens (tertiary/aromatic N) is 4. The monoisotopic (exact) mass is 488 g/mol. The normalized spacial score (nSPS) is 11.2. The molecule has 0 saturated heterocycles. The number of rotatable bonds is 11. The van der Waals surface area contributed by atoms with Crippen LogP contribution in [-0.4, -0.2) is 45.0 Å². The Hall–Kier alpha value is -3.68. The van der Waals surface area contributed by atoms with Gasteiger partial charge in [-0.2, -0.15) is 5.10 Å². The summed E-state index contributed by atoms with van der Waals surface area (Å²) >= 11 is 6.04. The van der Waals surface area contributed by atoms with E-state index < -0.39 is 0 Å². The molecular weight excluding hydrogens is 460 g/mol. The molecule has 0 fully saturated rings. The number of nitrogens with one attached hydrogen (secondary N) is 2. The topological polar surface area (TPSA) is 90.0 Å². The van der Waals surface area contributed by atoms with Crippen LogP contribution in [0.3, 0.4) is 0 Å². The molecule has 0 aliphatic heterocycles. The maximum Gasteiger partial charge on any atom is 0.156 e. The summed E-state index contributed by atoms with van der Waals surface area (Å²) < 4.78 is 0. The van der Waals surface area contributed by atoms with Crippen molar-refractivity contribution in [2.24, 2.45) is 0 Å². The van der Waals surface area contributed by atoms with Gasteiger partial charge in [0.2, 0.25) is 0 Å². The zero-order chi connectivity index (χ0) is 24.5. The lowest BCUT2D eigenvalue weighted by Crippen LogP contribution is -2.29. The Morgan fingerprint density at radius 2 is 1.77 bits per heavy atom. The Morgan fingerprint density at radius 1 is 0.971 bits per heavy atom. The maximum absolute atomic E-state index is 9.49. The second-order valence-electron chi connectivity index (χ2n) is 8.22. The Kier molecular flexibility index (Phi) is 8.48. The van der Waals surface area contributed by atoms with Crippen molar-refractivity contribution in [3.63, 3.8) is 0 Å². The van der Waals surface area contributed by atoms with Crippen LogP contribution in [0.25, 0.3) is 12.2 Å². The summed E-state index contributed by atoms with van der Waals surface area (Å²) in [5, 5.41) is 20.7. The Morgan fingerprint density at radius 3 is 2.49 bits per heavy atom. The molecule has 2 aromatic carbocycles. The summed E-state index contributed by atoms with van der Waals surface area (Å²) in [4.78, 5) is 11.7. The summed E-state index contributed by atoms with van der Waals surface area (Å²) in [7, 11) is 0. The number of aromatic amines is 1. The molecule has 4 rings (SSSR count). The zero-order valence-corrected chi connectivity index (χ0v) is 20.4. The molecule has 8 heteroatoms. The molecule has 3 N–H and O–H groups in total. The number of halogens is 1. The van der Waals surface area contributed by atoms with Gasteiger partial charge in [-0.15, -0.1) is 0 Å².